The predicted molar refractivity (Wildman–Crippen MR) is 91.8 cm³/mol. The van der Waals surface area contributed by atoms with Gasteiger partial charge in [0.2, 0.25) is 5.91 Å². The number of rotatable bonds is 4. The Bertz CT molecular complexity index is 600. The Labute approximate surface area is 141 Å². The number of carbonyl (C=O) groups is 2. The number of carbonyl (C=O) groups excluding carboxylic acids is 2. The molecule has 3 amide bonds. The van der Waals surface area contributed by atoms with Gasteiger partial charge in [-0.25, -0.2) is 9.18 Å². The summed E-state index contributed by atoms with van der Waals surface area (Å²) >= 11 is 0. The molecule has 8 heteroatoms. The van der Waals surface area contributed by atoms with Crippen LogP contribution in [0.15, 0.2) is 18.2 Å². The van der Waals surface area contributed by atoms with Crippen molar-refractivity contribution in [1.29, 1.82) is 0 Å². The molecule has 0 atom stereocenters. The van der Waals surface area contributed by atoms with Crippen LogP contribution in [0.4, 0.5) is 20.6 Å². The number of nitrogens with zero attached hydrogens (tertiary/aromatic N) is 3. The highest BCUT2D eigenvalue weighted by Gasteiger charge is 2.18. The molecule has 1 heterocycles. The largest absolute Gasteiger partial charge is 0.367 e. The van der Waals surface area contributed by atoms with Gasteiger partial charge in [0.05, 0.1) is 17.9 Å². The third kappa shape index (κ3) is 4.82. The third-order valence-electron chi connectivity index (χ3n) is 3.95. The Hall–Kier alpha value is -2.35. The molecule has 0 unspecified atom stereocenters. The lowest BCUT2D eigenvalue weighted by molar-refractivity contribution is -0.127. The molecule has 1 saturated heterocycles. The van der Waals surface area contributed by atoms with Crippen molar-refractivity contribution in [3.63, 3.8) is 0 Å². The van der Waals surface area contributed by atoms with E-state index >= 15 is 0 Å². The van der Waals surface area contributed by atoms with Gasteiger partial charge >= 0.3 is 6.03 Å². The predicted octanol–water partition coefficient (Wildman–Crippen LogP) is 0.787. The second-order valence-electron chi connectivity index (χ2n) is 6.05. The van der Waals surface area contributed by atoms with Crippen LogP contribution in [0.25, 0.3) is 0 Å². The summed E-state index contributed by atoms with van der Waals surface area (Å²) < 4.78 is 13.6. The fraction of sp³-hybridized carbons (Fsp3) is 0.500. The molecule has 132 valence electrons. The minimum Gasteiger partial charge on any atom is -0.367 e. The monoisotopic (exact) mass is 337 g/mol. The quantitative estimate of drug-likeness (QED) is 0.852. The summed E-state index contributed by atoms with van der Waals surface area (Å²) in [6.07, 6.45) is 0. The Balaban J connectivity index is 2.04. The van der Waals surface area contributed by atoms with Crippen LogP contribution in [-0.2, 0) is 4.79 Å². The highest BCUT2D eigenvalue weighted by atomic mass is 19.1. The average Bonchev–Trinajstić information content (AvgIpc) is 2.53. The minimum absolute atomic E-state index is 0.113. The van der Waals surface area contributed by atoms with Gasteiger partial charge in [0, 0.05) is 40.3 Å². The first kappa shape index (κ1) is 18.0. The molecule has 1 aliphatic rings. The maximum atomic E-state index is 13.6. The lowest BCUT2D eigenvalue weighted by Gasteiger charge is -2.35. The standard InChI is InChI=1S/C16H24FN5O2/c1-20(2)15(23)11-18-16(24)19-13-10-12(17)4-5-14(13)22-8-6-21(3)7-9-22/h4-5,10H,6-9,11H2,1-3H3,(H2,18,19,24). The lowest BCUT2D eigenvalue weighted by Crippen LogP contribution is -2.45. The Morgan fingerprint density at radius 2 is 1.88 bits per heavy atom. The van der Waals surface area contributed by atoms with Crippen molar-refractivity contribution in [2.75, 3.05) is 64.1 Å². The lowest BCUT2D eigenvalue weighted by atomic mass is 10.2. The fourth-order valence-corrected chi connectivity index (χ4v) is 2.41. The number of urea groups is 1. The summed E-state index contributed by atoms with van der Waals surface area (Å²) in [6.45, 7) is 3.30. The van der Waals surface area contributed by atoms with E-state index in [-0.39, 0.29) is 12.5 Å². The van der Waals surface area contributed by atoms with Gasteiger partial charge in [0.25, 0.3) is 0 Å². The third-order valence-corrected chi connectivity index (χ3v) is 3.95. The molecule has 0 saturated carbocycles. The molecular formula is C16H24FN5O2. The molecule has 24 heavy (non-hydrogen) atoms. The zero-order valence-corrected chi connectivity index (χ0v) is 14.3. The van der Waals surface area contributed by atoms with E-state index in [2.05, 4.69) is 27.5 Å². The maximum Gasteiger partial charge on any atom is 0.319 e. The van der Waals surface area contributed by atoms with E-state index in [9.17, 15) is 14.0 Å². The molecule has 0 spiro atoms. The number of amides is 3. The molecule has 7 nitrogen and oxygen atoms in total. The van der Waals surface area contributed by atoms with Gasteiger partial charge in [-0.05, 0) is 25.2 Å². The van der Waals surface area contributed by atoms with Crippen molar-refractivity contribution < 1.29 is 14.0 Å². The van der Waals surface area contributed by atoms with Gasteiger partial charge in [0.15, 0.2) is 0 Å². The molecule has 1 aromatic rings. The number of halogens is 1. The van der Waals surface area contributed by atoms with E-state index in [0.717, 1.165) is 31.9 Å². The van der Waals surface area contributed by atoms with Crippen molar-refractivity contribution >= 4 is 23.3 Å². The molecule has 0 aromatic heterocycles. The summed E-state index contributed by atoms with van der Waals surface area (Å²) in [6, 6.07) is 3.81. The molecule has 1 aromatic carbocycles. The molecule has 1 fully saturated rings. The number of anilines is 2. The number of piperazine rings is 1. The second kappa shape index (κ2) is 7.96. The number of nitrogens with one attached hydrogen (secondary N) is 2. The fourth-order valence-electron chi connectivity index (χ4n) is 2.41. The molecule has 0 radical (unpaired) electrons. The zero-order valence-electron chi connectivity index (χ0n) is 14.3. The van der Waals surface area contributed by atoms with E-state index in [0.29, 0.717) is 5.69 Å². The second-order valence-corrected chi connectivity index (χ2v) is 6.05. The first-order valence-corrected chi connectivity index (χ1v) is 7.85. The molecule has 0 bridgehead atoms. The summed E-state index contributed by atoms with van der Waals surface area (Å²) in [5.74, 6) is -0.642. The summed E-state index contributed by atoms with van der Waals surface area (Å²) in [4.78, 5) is 29.2. The van der Waals surface area contributed by atoms with E-state index in [1.807, 2.05) is 0 Å². The normalized spacial score (nSPS) is 15.1. The van der Waals surface area contributed by atoms with Gasteiger partial charge < -0.3 is 25.3 Å². The van der Waals surface area contributed by atoms with Crippen LogP contribution >= 0.6 is 0 Å². The van der Waals surface area contributed by atoms with Gasteiger partial charge in [0.1, 0.15) is 5.82 Å². The molecule has 2 N–H and O–H groups in total. The van der Waals surface area contributed by atoms with Crippen LogP contribution in [0, 0.1) is 5.82 Å². The van der Waals surface area contributed by atoms with Crippen LogP contribution in [0.2, 0.25) is 0 Å². The van der Waals surface area contributed by atoms with E-state index in [1.165, 1.54) is 17.0 Å². The minimum atomic E-state index is -0.536. The van der Waals surface area contributed by atoms with Crippen molar-refractivity contribution in [3.05, 3.63) is 24.0 Å². The van der Waals surface area contributed by atoms with E-state index in [1.54, 1.807) is 20.2 Å². The highest BCUT2D eigenvalue weighted by molar-refractivity contribution is 5.95. The topological polar surface area (TPSA) is 67.9 Å². The smallest absolute Gasteiger partial charge is 0.319 e. The van der Waals surface area contributed by atoms with Crippen molar-refractivity contribution in [1.82, 2.24) is 15.1 Å². The molecular weight excluding hydrogens is 313 g/mol. The first-order chi connectivity index (χ1) is 11.4. The van der Waals surface area contributed by atoms with Crippen LogP contribution in [0.3, 0.4) is 0 Å². The van der Waals surface area contributed by atoms with Crippen LogP contribution in [0.1, 0.15) is 0 Å². The molecule has 2 rings (SSSR count). The first-order valence-electron chi connectivity index (χ1n) is 7.85. The van der Waals surface area contributed by atoms with Gasteiger partial charge in [-0.2, -0.15) is 0 Å². The van der Waals surface area contributed by atoms with Gasteiger partial charge in [-0.1, -0.05) is 0 Å². The average molecular weight is 337 g/mol. The van der Waals surface area contributed by atoms with Crippen LogP contribution in [-0.4, -0.2) is 75.6 Å². The zero-order chi connectivity index (χ0) is 17.7. The maximum absolute atomic E-state index is 13.6. The number of benzene rings is 1. The van der Waals surface area contributed by atoms with Crippen molar-refractivity contribution in [2.24, 2.45) is 0 Å². The Morgan fingerprint density at radius 3 is 2.50 bits per heavy atom. The van der Waals surface area contributed by atoms with Crippen molar-refractivity contribution in [3.8, 4) is 0 Å². The Kier molecular flexibility index (Phi) is 5.97. The van der Waals surface area contributed by atoms with Crippen LogP contribution in [0.5, 0.6) is 0 Å². The van der Waals surface area contributed by atoms with Crippen LogP contribution < -0.4 is 15.5 Å². The van der Waals surface area contributed by atoms with Crippen molar-refractivity contribution in [2.45, 2.75) is 0 Å². The van der Waals surface area contributed by atoms with Gasteiger partial charge in [-0.15, -0.1) is 0 Å². The number of likely N-dealkylation sites (N-methyl/N-ethyl adjacent to an activating group) is 2. The SMILES string of the molecule is CN1CCN(c2ccc(F)cc2NC(=O)NCC(=O)N(C)C)CC1. The van der Waals surface area contributed by atoms with E-state index < -0.39 is 11.8 Å². The highest BCUT2D eigenvalue weighted by Crippen LogP contribution is 2.27. The van der Waals surface area contributed by atoms with Gasteiger partial charge in [-0.3, -0.25) is 4.79 Å². The molecule has 0 aliphatic carbocycles. The summed E-state index contributed by atoms with van der Waals surface area (Å²) in [5, 5.41) is 5.12. The molecule has 1 aliphatic heterocycles. The number of hydrogen-bond donors (Lipinski definition) is 2. The summed E-state index contributed by atoms with van der Waals surface area (Å²) in [5.41, 5.74) is 1.17. The van der Waals surface area contributed by atoms with E-state index in [4.69, 9.17) is 0 Å². The summed E-state index contributed by atoms with van der Waals surface area (Å²) in [7, 11) is 5.27. The number of hydrogen-bond acceptors (Lipinski definition) is 4. The Morgan fingerprint density at radius 1 is 1.21 bits per heavy atom.